The zero-order chi connectivity index (χ0) is 12.5. The number of hydrogen-bond donors (Lipinski definition) is 0. The van der Waals surface area contributed by atoms with E-state index in [9.17, 15) is 4.79 Å². The van der Waals surface area contributed by atoms with E-state index < -0.39 is 0 Å². The van der Waals surface area contributed by atoms with Gasteiger partial charge in [0.05, 0.1) is 6.42 Å². The lowest BCUT2D eigenvalue weighted by atomic mass is 10.2. The van der Waals surface area contributed by atoms with Crippen molar-refractivity contribution in [1.29, 1.82) is 0 Å². The lowest BCUT2D eigenvalue weighted by Gasteiger charge is -1.93. The van der Waals surface area contributed by atoms with Gasteiger partial charge in [0.25, 0.3) is 0 Å². The molecule has 0 aliphatic heterocycles. The number of nitrogens with zero attached hydrogens (tertiary/aromatic N) is 2. The molecule has 5 heteroatoms. The fourth-order valence-corrected chi connectivity index (χ4v) is 1.87. The van der Waals surface area contributed by atoms with Crippen molar-refractivity contribution in [3.63, 3.8) is 0 Å². The smallest absolute Gasteiger partial charge is 0.234 e. The molecule has 0 bridgehead atoms. The second-order valence-corrected chi connectivity index (χ2v) is 4.87. The van der Waals surface area contributed by atoms with Crippen LogP contribution in [0, 0.1) is 5.92 Å². The summed E-state index contributed by atoms with van der Waals surface area (Å²) < 4.78 is 5.08. The number of ketones is 1. The zero-order valence-corrected chi connectivity index (χ0v) is 10.4. The number of benzene rings is 1. The molecule has 2 aromatic rings. The first-order chi connectivity index (χ1) is 8.72. The third kappa shape index (κ3) is 2.43. The molecule has 1 saturated carbocycles. The Balaban J connectivity index is 1.76. The molecule has 0 amide bonds. The van der Waals surface area contributed by atoms with E-state index >= 15 is 0 Å². The average molecular weight is 263 g/mol. The molecule has 0 N–H and O–H groups in total. The highest BCUT2D eigenvalue weighted by Crippen LogP contribution is 2.31. The number of aromatic nitrogens is 2. The Labute approximate surface area is 109 Å². The maximum Gasteiger partial charge on any atom is 0.234 e. The monoisotopic (exact) mass is 262 g/mol. The fraction of sp³-hybridized carbons (Fsp3) is 0.308. The molecule has 0 atom stereocenters. The number of hydrogen-bond acceptors (Lipinski definition) is 4. The molecule has 4 nitrogen and oxygen atoms in total. The predicted molar refractivity (Wildman–Crippen MR) is 66.2 cm³/mol. The molecule has 0 radical (unpaired) electrons. The zero-order valence-electron chi connectivity index (χ0n) is 9.60. The molecule has 1 aromatic heterocycles. The number of rotatable bonds is 4. The second kappa shape index (κ2) is 4.53. The Hall–Kier alpha value is -1.68. The Morgan fingerprint density at radius 2 is 2.06 bits per heavy atom. The maximum atomic E-state index is 11.6. The van der Waals surface area contributed by atoms with Gasteiger partial charge in [-0.3, -0.25) is 4.79 Å². The van der Waals surface area contributed by atoms with Crippen molar-refractivity contribution in [3.05, 3.63) is 35.2 Å². The molecule has 1 heterocycles. The van der Waals surface area contributed by atoms with Gasteiger partial charge in [-0.2, -0.15) is 4.98 Å². The first-order valence-electron chi connectivity index (χ1n) is 5.83. The summed E-state index contributed by atoms with van der Waals surface area (Å²) in [4.78, 5) is 15.8. The Kier molecular flexibility index (Phi) is 2.88. The van der Waals surface area contributed by atoms with E-state index in [1.165, 1.54) is 0 Å². The van der Waals surface area contributed by atoms with Gasteiger partial charge in [0.1, 0.15) is 5.78 Å². The van der Waals surface area contributed by atoms with Crippen molar-refractivity contribution in [2.24, 2.45) is 5.92 Å². The van der Waals surface area contributed by atoms with Crippen molar-refractivity contribution in [3.8, 4) is 11.4 Å². The third-order valence-corrected chi connectivity index (χ3v) is 3.18. The predicted octanol–water partition coefficient (Wildman–Crippen LogP) is 2.91. The first-order valence-corrected chi connectivity index (χ1v) is 6.21. The van der Waals surface area contributed by atoms with Gasteiger partial charge in [0.15, 0.2) is 0 Å². The number of halogens is 1. The van der Waals surface area contributed by atoms with Crippen LogP contribution in [0.3, 0.4) is 0 Å². The molecular weight excluding hydrogens is 252 g/mol. The Morgan fingerprint density at radius 1 is 1.33 bits per heavy atom. The van der Waals surface area contributed by atoms with Crippen LogP contribution in [0.25, 0.3) is 11.4 Å². The van der Waals surface area contributed by atoms with E-state index in [4.69, 9.17) is 16.1 Å². The van der Waals surface area contributed by atoms with E-state index in [1.807, 2.05) is 12.1 Å². The van der Waals surface area contributed by atoms with Crippen molar-refractivity contribution in [2.45, 2.75) is 19.3 Å². The van der Waals surface area contributed by atoms with Gasteiger partial charge >= 0.3 is 0 Å². The van der Waals surface area contributed by atoms with Crippen LogP contribution >= 0.6 is 11.6 Å². The summed E-state index contributed by atoms with van der Waals surface area (Å²) in [6.07, 6.45) is 2.24. The third-order valence-electron chi connectivity index (χ3n) is 2.93. The van der Waals surface area contributed by atoms with Gasteiger partial charge in [-0.05, 0) is 37.1 Å². The highest BCUT2D eigenvalue weighted by molar-refractivity contribution is 6.30. The van der Waals surface area contributed by atoms with E-state index in [0.717, 1.165) is 18.4 Å². The minimum absolute atomic E-state index is 0.196. The fourth-order valence-electron chi connectivity index (χ4n) is 1.74. The van der Waals surface area contributed by atoms with Crippen molar-refractivity contribution < 1.29 is 9.32 Å². The number of Topliss-reactive ketones (excluding diaryl/α,β-unsaturated/α-hetero) is 1. The maximum absolute atomic E-state index is 11.6. The summed E-state index contributed by atoms with van der Waals surface area (Å²) in [7, 11) is 0. The Morgan fingerprint density at radius 3 is 2.72 bits per heavy atom. The summed E-state index contributed by atoms with van der Waals surface area (Å²) in [6.45, 7) is 0. The number of carbonyl (C=O) groups is 1. The molecule has 0 spiro atoms. The van der Waals surface area contributed by atoms with Crippen LogP contribution in [0.15, 0.2) is 28.8 Å². The van der Waals surface area contributed by atoms with Crippen LogP contribution in [0.4, 0.5) is 0 Å². The summed E-state index contributed by atoms with van der Waals surface area (Å²) >= 11 is 5.81. The molecule has 1 fully saturated rings. The number of carbonyl (C=O) groups excluding carboxylic acids is 1. The van der Waals surface area contributed by atoms with Crippen molar-refractivity contribution in [1.82, 2.24) is 10.1 Å². The van der Waals surface area contributed by atoms with Crippen LogP contribution in [0.2, 0.25) is 5.02 Å². The molecular formula is C13H11ClN2O2. The molecule has 3 rings (SSSR count). The van der Waals surface area contributed by atoms with Crippen LogP contribution in [0.1, 0.15) is 18.7 Å². The summed E-state index contributed by atoms with van der Waals surface area (Å²) in [5.74, 6) is 1.29. The van der Waals surface area contributed by atoms with Crippen LogP contribution in [-0.4, -0.2) is 15.9 Å². The van der Waals surface area contributed by atoms with E-state index in [0.29, 0.717) is 16.7 Å². The Bertz CT molecular complexity index is 573. The van der Waals surface area contributed by atoms with Crippen LogP contribution in [0.5, 0.6) is 0 Å². The molecule has 1 aliphatic rings. The SMILES string of the molecule is O=C(Cc1nc(-c2ccc(Cl)cc2)no1)C1CC1. The van der Waals surface area contributed by atoms with Gasteiger partial charge < -0.3 is 4.52 Å². The van der Waals surface area contributed by atoms with E-state index in [1.54, 1.807) is 12.1 Å². The summed E-state index contributed by atoms with van der Waals surface area (Å²) in [5, 5.41) is 4.53. The molecule has 0 unspecified atom stereocenters. The highest BCUT2D eigenvalue weighted by atomic mass is 35.5. The normalized spacial score (nSPS) is 14.7. The molecule has 92 valence electrons. The van der Waals surface area contributed by atoms with Gasteiger partial charge in [-0.1, -0.05) is 16.8 Å². The van der Waals surface area contributed by atoms with Crippen LogP contribution < -0.4 is 0 Å². The first kappa shape index (κ1) is 11.4. The standard InChI is InChI=1S/C13H11ClN2O2/c14-10-5-3-9(4-6-10)13-15-12(18-16-13)7-11(17)8-1-2-8/h3-6,8H,1-2,7H2. The largest absolute Gasteiger partial charge is 0.339 e. The van der Waals surface area contributed by atoms with Gasteiger partial charge in [-0.15, -0.1) is 0 Å². The quantitative estimate of drug-likeness (QED) is 0.850. The van der Waals surface area contributed by atoms with Gasteiger partial charge in [-0.25, -0.2) is 0 Å². The van der Waals surface area contributed by atoms with E-state index in [2.05, 4.69) is 10.1 Å². The lowest BCUT2D eigenvalue weighted by Crippen LogP contribution is -2.04. The molecule has 1 aliphatic carbocycles. The van der Waals surface area contributed by atoms with Crippen molar-refractivity contribution >= 4 is 17.4 Å². The van der Waals surface area contributed by atoms with Gasteiger partial charge in [0, 0.05) is 16.5 Å². The molecule has 18 heavy (non-hydrogen) atoms. The van der Waals surface area contributed by atoms with Crippen molar-refractivity contribution in [2.75, 3.05) is 0 Å². The minimum Gasteiger partial charge on any atom is -0.339 e. The minimum atomic E-state index is 0.196. The van der Waals surface area contributed by atoms with Crippen LogP contribution in [-0.2, 0) is 11.2 Å². The molecule has 1 aromatic carbocycles. The summed E-state index contributed by atoms with van der Waals surface area (Å²) in [5.41, 5.74) is 0.827. The highest BCUT2D eigenvalue weighted by Gasteiger charge is 2.30. The lowest BCUT2D eigenvalue weighted by molar-refractivity contribution is -0.119. The molecule has 0 saturated heterocycles. The summed E-state index contributed by atoms with van der Waals surface area (Å²) in [6, 6.07) is 7.17. The average Bonchev–Trinajstić information content (AvgIpc) is 3.12. The topological polar surface area (TPSA) is 56.0 Å². The van der Waals surface area contributed by atoms with E-state index in [-0.39, 0.29) is 18.1 Å². The second-order valence-electron chi connectivity index (χ2n) is 4.44. The van der Waals surface area contributed by atoms with Gasteiger partial charge in [0.2, 0.25) is 11.7 Å².